The second-order valence-corrected chi connectivity index (χ2v) is 7.38. The summed E-state index contributed by atoms with van der Waals surface area (Å²) >= 11 is 0. The van der Waals surface area contributed by atoms with Crippen molar-refractivity contribution in [2.24, 2.45) is 16.8 Å². The molecule has 1 heterocycles. The van der Waals surface area contributed by atoms with Crippen molar-refractivity contribution in [2.45, 2.75) is 65.2 Å². The zero-order valence-electron chi connectivity index (χ0n) is 16.2. The average molecular weight is 339 g/mol. The first-order chi connectivity index (χ1) is 11.6. The van der Waals surface area contributed by atoms with Crippen molar-refractivity contribution in [3.05, 3.63) is 0 Å². The van der Waals surface area contributed by atoms with Gasteiger partial charge < -0.3 is 15.5 Å². The van der Waals surface area contributed by atoms with E-state index in [0.29, 0.717) is 12.3 Å². The minimum atomic E-state index is 0.161. The molecule has 0 bridgehead atoms. The summed E-state index contributed by atoms with van der Waals surface area (Å²) in [5.41, 5.74) is 0. The molecule has 2 N–H and O–H groups in total. The molecule has 0 aromatic rings. The SMILES string of the molecule is CN=C(NCCCCCCC(C)C)N1CCC(CC(=O)NC)CC1. The van der Waals surface area contributed by atoms with Crippen LogP contribution in [0.3, 0.4) is 0 Å². The number of nitrogens with one attached hydrogen (secondary N) is 2. The van der Waals surface area contributed by atoms with Gasteiger partial charge in [0.2, 0.25) is 5.91 Å². The van der Waals surface area contributed by atoms with Crippen molar-refractivity contribution in [3.8, 4) is 0 Å². The van der Waals surface area contributed by atoms with E-state index in [1.807, 2.05) is 7.05 Å². The van der Waals surface area contributed by atoms with Crippen molar-refractivity contribution >= 4 is 11.9 Å². The number of guanidine groups is 1. The summed E-state index contributed by atoms with van der Waals surface area (Å²) in [4.78, 5) is 18.2. The minimum Gasteiger partial charge on any atom is -0.359 e. The van der Waals surface area contributed by atoms with E-state index in [9.17, 15) is 4.79 Å². The fourth-order valence-electron chi connectivity index (χ4n) is 3.28. The monoisotopic (exact) mass is 338 g/mol. The largest absolute Gasteiger partial charge is 0.359 e. The highest BCUT2D eigenvalue weighted by Gasteiger charge is 2.22. The second-order valence-electron chi connectivity index (χ2n) is 7.38. The zero-order valence-corrected chi connectivity index (χ0v) is 16.2. The molecule has 140 valence electrons. The maximum atomic E-state index is 11.5. The lowest BCUT2D eigenvalue weighted by Crippen LogP contribution is -2.46. The molecule has 0 saturated carbocycles. The van der Waals surface area contributed by atoms with Crippen molar-refractivity contribution in [2.75, 3.05) is 33.7 Å². The first-order valence-electron chi connectivity index (χ1n) is 9.73. The molecule has 0 unspecified atom stereocenters. The van der Waals surface area contributed by atoms with Crippen LogP contribution in [0.25, 0.3) is 0 Å². The van der Waals surface area contributed by atoms with Crippen LogP contribution in [0.15, 0.2) is 4.99 Å². The summed E-state index contributed by atoms with van der Waals surface area (Å²) in [5.74, 6) is 2.53. The first-order valence-corrected chi connectivity index (χ1v) is 9.73. The van der Waals surface area contributed by atoms with Gasteiger partial charge in [0.25, 0.3) is 0 Å². The molecular weight excluding hydrogens is 300 g/mol. The van der Waals surface area contributed by atoms with Crippen LogP contribution in [-0.4, -0.2) is 50.5 Å². The maximum Gasteiger partial charge on any atom is 0.220 e. The molecule has 0 aromatic heterocycles. The van der Waals surface area contributed by atoms with Gasteiger partial charge in [0.1, 0.15) is 0 Å². The number of unbranched alkanes of at least 4 members (excludes halogenated alkanes) is 3. The van der Waals surface area contributed by atoms with Gasteiger partial charge in [-0.1, -0.05) is 39.5 Å². The third kappa shape index (κ3) is 8.55. The maximum absolute atomic E-state index is 11.5. The standard InChI is InChI=1S/C19H38N4O/c1-16(2)9-7-5-6-8-12-22-19(21-4)23-13-10-17(11-14-23)15-18(24)20-3/h16-17H,5-15H2,1-4H3,(H,20,24)(H,21,22). The Balaban J connectivity index is 2.16. The van der Waals surface area contributed by atoms with Gasteiger partial charge in [-0.05, 0) is 31.1 Å². The zero-order chi connectivity index (χ0) is 17.8. The number of carbonyl (C=O) groups excluding carboxylic acids is 1. The number of amides is 1. The van der Waals surface area contributed by atoms with Gasteiger partial charge in [0.05, 0.1) is 0 Å². The molecule has 0 spiro atoms. The highest BCUT2D eigenvalue weighted by atomic mass is 16.1. The highest BCUT2D eigenvalue weighted by molar-refractivity contribution is 5.80. The smallest absolute Gasteiger partial charge is 0.220 e. The van der Waals surface area contributed by atoms with Gasteiger partial charge >= 0.3 is 0 Å². The lowest BCUT2D eigenvalue weighted by Gasteiger charge is -2.34. The van der Waals surface area contributed by atoms with E-state index in [2.05, 4.69) is 34.4 Å². The predicted molar refractivity (Wildman–Crippen MR) is 102 cm³/mol. The van der Waals surface area contributed by atoms with Crippen LogP contribution in [0.2, 0.25) is 0 Å². The Morgan fingerprint density at radius 3 is 2.42 bits per heavy atom. The van der Waals surface area contributed by atoms with Gasteiger partial charge in [-0.2, -0.15) is 0 Å². The second kappa shape index (κ2) is 12.2. The molecular formula is C19H38N4O. The molecule has 1 amide bonds. The van der Waals surface area contributed by atoms with E-state index < -0.39 is 0 Å². The van der Waals surface area contributed by atoms with Crippen LogP contribution in [0.4, 0.5) is 0 Å². The molecule has 1 rings (SSSR count). The lowest BCUT2D eigenvalue weighted by atomic mass is 9.93. The van der Waals surface area contributed by atoms with Gasteiger partial charge in [0, 0.05) is 40.2 Å². The van der Waals surface area contributed by atoms with Crippen molar-refractivity contribution in [1.82, 2.24) is 15.5 Å². The predicted octanol–water partition coefficient (Wildman–Crippen LogP) is 3.02. The molecule has 5 nitrogen and oxygen atoms in total. The van der Waals surface area contributed by atoms with E-state index in [-0.39, 0.29) is 5.91 Å². The summed E-state index contributed by atoms with van der Waals surface area (Å²) in [6.45, 7) is 7.59. The summed E-state index contributed by atoms with van der Waals surface area (Å²) in [5, 5.41) is 6.23. The topological polar surface area (TPSA) is 56.7 Å². The van der Waals surface area contributed by atoms with E-state index in [1.165, 1.54) is 32.1 Å². The minimum absolute atomic E-state index is 0.161. The van der Waals surface area contributed by atoms with Crippen molar-refractivity contribution < 1.29 is 4.79 Å². The number of aliphatic imine (C=N–C) groups is 1. The number of piperidine rings is 1. The van der Waals surface area contributed by atoms with Gasteiger partial charge in [-0.25, -0.2) is 0 Å². The van der Waals surface area contributed by atoms with Gasteiger partial charge in [0.15, 0.2) is 5.96 Å². The molecule has 0 aromatic carbocycles. The van der Waals surface area contributed by atoms with E-state index >= 15 is 0 Å². The Labute approximate surface area is 148 Å². The normalized spacial score (nSPS) is 16.5. The van der Waals surface area contributed by atoms with Crippen LogP contribution in [0.1, 0.15) is 65.2 Å². The number of rotatable bonds is 9. The number of nitrogens with zero attached hydrogens (tertiary/aromatic N) is 2. The number of likely N-dealkylation sites (tertiary alicyclic amines) is 1. The van der Waals surface area contributed by atoms with E-state index in [1.54, 1.807) is 7.05 Å². The summed E-state index contributed by atoms with van der Waals surface area (Å²) in [6.07, 6.45) is 9.35. The molecule has 1 aliphatic rings. The molecule has 5 heteroatoms. The van der Waals surface area contributed by atoms with Crippen LogP contribution >= 0.6 is 0 Å². The fraction of sp³-hybridized carbons (Fsp3) is 0.895. The fourth-order valence-corrected chi connectivity index (χ4v) is 3.28. The van der Waals surface area contributed by atoms with Gasteiger partial charge in [-0.15, -0.1) is 0 Å². The number of hydrogen-bond donors (Lipinski definition) is 2. The molecule has 1 fully saturated rings. The Kier molecular flexibility index (Phi) is 10.5. The average Bonchev–Trinajstić information content (AvgIpc) is 2.58. The van der Waals surface area contributed by atoms with Crippen LogP contribution in [0, 0.1) is 11.8 Å². The summed E-state index contributed by atoms with van der Waals surface area (Å²) < 4.78 is 0. The van der Waals surface area contributed by atoms with Crippen LogP contribution in [-0.2, 0) is 4.79 Å². The Morgan fingerprint density at radius 2 is 1.83 bits per heavy atom. The molecule has 24 heavy (non-hydrogen) atoms. The van der Waals surface area contributed by atoms with Crippen LogP contribution in [0.5, 0.6) is 0 Å². The third-order valence-electron chi connectivity index (χ3n) is 4.87. The van der Waals surface area contributed by atoms with E-state index in [4.69, 9.17) is 0 Å². The van der Waals surface area contributed by atoms with Crippen LogP contribution < -0.4 is 10.6 Å². The highest BCUT2D eigenvalue weighted by Crippen LogP contribution is 2.20. The number of hydrogen-bond acceptors (Lipinski definition) is 2. The van der Waals surface area contributed by atoms with Crippen molar-refractivity contribution in [1.29, 1.82) is 0 Å². The molecule has 0 aliphatic carbocycles. The lowest BCUT2D eigenvalue weighted by molar-refractivity contribution is -0.121. The summed E-state index contributed by atoms with van der Waals surface area (Å²) in [6, 6.07) is 0. The number of carbonyl (C=O) groups is 1. The Bertz CT molecular complexity index is 374. The molecule has 0 radical (unpaired) electrons. The Hall–Kier alpha value is -1.26. The first kappa shape index (κ1) is 20.8. The summed E-state index contributed by atoms with van der Waals surface area (Å²) in [7, 11) is 3.58. The van der Waals surface area contributed by atoms with E-state index in [0.717, 1.165) is 44.4 Å². The quantitative estimate of drug-likeness (QED) is 0.386. The van der Waals surface area contributed by atoms with Gasteiger partial charge in [-0.3, -0.25) is 9.79 Å². The van der Waals surface area contributed by atoms with Crippen molar-refractivity contribution in [3.63, 3.8) is 0 Å². The Morgan fingerprint density at radius 1 is 1.17 bits per heavy atom. The molecule has 1 aliphatic heterocycles. The molecule has 1 saturated heterocycles. The molecule has 0 atom stereocenters. The third-order valence-corrected chi connectivity index (χ3v) is 4.87.